The fraction of sp³-hybridized carbons (Fsp3) is 0.455. The highest BCUT2D eigenvalue weighted by Gasteiger charge is 2.39. The number of halogens is 3. The summed E-state index contributed by atoms with van der Waals surface area (Å²) in [7, 11) is 0. The fourth-order valence-corrected chi connectivity index (χ4v) is 2.19. The van der Waals surface area contributed by atoms with Crippen molar-refractivity contribution in [3.63, 3.8) is 0 Å². The molecule has 1 unspecified atom stereocenters. The van der Waals surface area contributed by atoms with Crippen molar-refractivity contribution in [1.82, 2.24) is 4.98 Å². The molecule has 3 nitrogen and oxygen atoms in total. The van der Waals surface area contributed by atoms with Crippen LogP contribution in [0.4, 0.5) is 19.0 Å². The molecule has 2 rings (SSSR count). The van der Waals surface area contributed by atoms with Crippen molar-refractivity contribution < 1.29 is 18.0 Å². The maximum atomic E-state index is 12.8. The molecule has 0 aromatic carbocycles. The molecule has 0 N–H and O–H groups in total. The van der Waals surface area contributed by atoms with E-state index in [4.69, 9.17) is 0 Å². The molecule has 1 atom stereocenters. The Kier molecular flexibility index (Phi) is 3.52. The van der Waals surface area contributed by atoms with Crippen molar-refractivity contribution in [2.24, 2.45) is 5.92 Å². The minimum Gasteiger partial charge on any atom is -0.296 e. The van der Waals surface area contributed by atoms with Crippen molar-refractivity contribution in [1.29, 1.82) is 0 Å². The van der Waals surface area contributed by atoms with Gasteiger partial charge in [0.25, 0.3) is 0 Å². The molecular weight excluding hydrogens is 265 g/mol. The molecule has 0 spiro atoms. The number of nitrogens with zero attached hydrogens (tertiary/aromatic N) is 2. The van der Waals surface area contributed by atoms with E-state index in [0.29, 0.717) is 5.75 Å². The lowest BCUT2D eigenvalue weighted by Crippen LogP contribution is -2.28. The van der Waals surface area contributed by atoms with E-state index < -0.39 is 11.7 Å². The van der Waals surface area contributed by atoms with Gasteiger partial charge in [-0.15, -0.1) is 0 Å². The third-order valence-electron chi connectivity index (χ3n) is 2.81. The lowest BCUT2D eigenvalue weighted by molar-refractivity contribution is -0.137. The van der Waals surface area contributed by atoms with E-state index in [1.165, 1.54) is 12.3 Å². The summed E-state index contributed by atoms with van der Waals surface area (Å²) in [5.41, 5.74) is -0.877. The number of pyridine rings is 1. The van der Waals surface area contributed by atoms with Crippen molar-refractivity contribution >= 4 is 24.4 Å². The van der Waals surface area contributed by atoms with Crippen LogP contribution in [-0.4, -0.2) is 23.2 Å². The number of aromatic nitrogens is 1. The van der Waals surface area contributed by atoms with Crippen LogP contribution in [0, 0.1) is 5.92 Å². The van der Waals surface area contributed by atoms with Crippen molar-refractivity contribution in [2.45, 2.75) is 12.6 Å². The minimum absolute atomic E-state index is 0.0241. The van der Waals surface area contributed by atoms with Crippen LogP contribution in [0.25, 0.3) is 0 Å². The second-order valence-corrected chi connectivity index (χ2v) is 4.49. The van der Waals surface area contributed by atoms with Crippen molar-refractivity contribution in [3.8, 4) is 0 Å². The van der Waals surface area contributed by atoms with Crippen LogP contribution in [0.5, 0.6) is 0 Å². The van der Waals surface area contributed by atoms with Gasteiger partial charge in [0.2, 0.25) is 5.91 Å². The largest absolute Gasteiger partial charge is 0.419 e. The smallest absolute Gasteiger partial charge is 0.296 e. The summed E-state index contributed by atoms with van der Waals surface area (Å²) >= 11 is 4.07. The van der Waals surface area contributed by atoms with E-state index in [2.05, 4.69) is 17.6 Å². The van der Waals surface area contributed by atoms with Crippen molar-refractivity contribution in [3.05, 3.63) is 23.9 Å². The molecule has 98 valence electrons. The first-order valence-corrected chi connectivity index (χ1v) is 6.00. The molecule has 0 bridgehead atoms. The zero-order chi connectivity index (χ0) is 13.3. The Hall–Kier alpha value is -1.24. The second kappa shape index (κ2) is 4.79. The highest BCUT2D eigenvalue weighted by atomic mass is 32.1. The van der Waals surface area contributed by atoms with E-state index in [9.17, 15) is 18.0 Å². The van der Waals surface area contributed by atoms with Gasteiger partial charge in [-0.25, -0.2) is 4.98 Å². The zero-order valence-electron chi connectivity index (χ0n) is 9.31. The number of anilines is 1. The van der Waals surface area contributed by atoms with Crippen LogP contribution >= 0.6 is 12.6 Å². The van der Waals surface area contributed by atoms with E-state index in [1.54, 1.807) is 0 Å². The maximum absolute atomic E-state index is 12.8. The average molecular weight is 276 g/mol. The molecule has 18 heavy (non-hydrogen) atoms. The SMILES string of the molecule is O=C1CC(CS)CN1c1ncccc1C(F)(F)F. The van der Waals surface area contributed by atoms with Crippen LogP contribution in [0.3, 0.4) is 0 Å². The maximum Gasteiger partial charge on any atom is 0.419 e. The zero-order valence-corrected chi connectivity index (χ0v) is 10.2. The summed E-state index contributed by atoms with van der Waals surface area (Å²) < 4.78 is 38.4. The summed E-state index contributed by atoms with van der Waals surface area (Å²) in [5.74, 6) is -0.197. The van der Waals surface area contributed by atoms with Crippen LogP contribution in [0.2, 0.25) is 0 Å². The number of amides is 1. The standard InChI is InChI=1S/C11H11F3N2OS/c12-11(13,14)8-2-1-3-15-10(8)16-5-7(6-18)4-9(16)17/h1-3,7,18H,4-6H2. The van der Waals surface area contributed by atoms with Crippen LogP contribution in [0.15, 0.2) is 18.3 Å². The number of carbonyl (C=O) groups is 1. The van der Waals surface area contributed by atoms with E-state index in [1.807, 2.05) is 0 Å². The fourth-order valence-electron chi connectivity index (χ4n) is 1.94. The number of rotatable bonds is 2. The van der Waals surface area contributed by atoms with Gasteiger partial charge in [-0.3, -0.25) is 9.69 Å². The molecule has 1 saturated heterocycles. The van der Waals surface area contributed by atoms with Crippen LogP contribution in [-0.2, 0) is 11.0 Å². The monoisotopic (exact) mass is 276 g/mol. The molecule has 1 aromatic rings. The topological polar surface area (TPSA) is 33.2 Å². The number of thiol groups is 1. The number of hydrogen-bond acceptors (Lipinski definition) is 3. The van der Waals surface area contributed by atoms with Gasteiger partial charge < -0.3 is 0 Å². The summed E-state index contributed by atoms with van der Waals surface area (Å²) in [5, 5.41) is 0. The van der Waals surface area contributed by atoms with E-state index in [0.717, 1.165) is 11.0 Å². The van der Waals surface area contributed by atoms with Gasteiger partial charge in [0.15, 0.2) is 0 Å². The van der Waals surface area contributed by atoms with Crippen molar-refractivity contribution in [2.75, 3.05) is 17.2 Å². The normalized spacial score (nSPS) is 20.6. The quantitative estimate of drug-likeness (QED) is 0.841. The summed E-state index contributed by atoms with van der Waals surface area (Å²) in [6.07, 6.45) is -3.04. The summed E-state index contributed by atoms with van der Waals surface area (Å²) in [6.45, 7) is 0.239. The molecule has 1 fully saturated rings. The lowest BCUT2D eigenvalue weighted by atomic mass is 10.1. The molecule has 1 aliphatic heterocycles. The summed E-state index contributed by atoms with van der Waals surface area (Å²) in [6, 6.07) is 2.15. The Balaban J connectivity index is 2.37. The Bertz CT molecular complexity index is 464. The first kappa shape index (κ1) is 13.2. The summed E-state index contributed by atoms with van der Waals surface area (Å²) in [4.78, 5) is 16.5. The molecule has 1 aromatic heterocycles. The van der Waals surface area contributed by atoms with E-state index in [-0.39, 0.29) is 30.6 Å². The van der Waals surface area contributed by atoms with Gasteiger partial charge in [-0.1, -0.05) is 0 Å². The average Bonchev–Trinajstić information content (AvgIpc) is 2.69. The molecule has 1 amide bonds. The predicted octanol–water partition coefficient (Wildman–Crippen LogP) is 2.38. The number of carbonyl (C=O) groups excluding carboxylic acids is 1. The highest BCUT2D eigenvalue weighted by Crippen LogP contribution is 2.37. The number of hydrogen-bond donors (Lipinski definition) is 1. The minimum atomic E-state index is -4.51. The second-order valence-electron chi connectivity index (χ2n) is 4.13. The third kappa shape index (κ3) is 2.45. The van der Waals surface area contributed by atoms with Gasteiger partial charge in [-0.2, -0.15) is 25.8 Å². The Morgan fingerprint density at radius 1 is 1.50 bits per heavy atom. The Morgan fingerprint density at radius 2 is 2.22 bits per heavy atom. The predicted molar refractivity (Wildman–Crippen MR) is 63.6 cm³/mol. The highest BCUT2D eigenvalue weighted by molar-refractivity contribution is 7.80. The molecule has 0 saturated carbocycles. The Labute approximate surface area is 107 Å². The first-order valence-electron chi connectivity index (χ1n) is 5.37. The lowest BCUT2D eigenvalue weighted by Gasteiger charge is -2.19. The number of alkyl halides is 3. The first-order chi connectivity index (χ1) is 8.43. The van der Waals surface area contributed by atoms with Crippen LogP contribution < -0.4 is 4.90 Å². The third-order valence-corrected chi connectivity index (χ3v) is 3.33. The van der Waals surface area contributed by atoms with Gasteiger partial charge in [-0.05, 0) is 23.8 Å². The van der Waals surface area contributed by atoms with E-state index >= 15 is 0 Å². The van der Waals surface area contributed by atoms with Crippen LogP contribution in [0.1, 0.15) is 12.0 Å². The molecule has 1 aliphatic rings. The molecule has 7 heteroatoms. The molecule has 0 aliphatic carbocycles. The van der Waals surface area contributed by atoms with Gasteiger partial charge in [0.05, 0.1) is 5.56 Å². The molecule has 2 heterocycles. The molecular formula is C11H11F3N2OS. The van der Waals surface area contributed by atoms with Gasteiger partial charge in [0, 0.05) is 19.2 Å². The van der Waals surface area contributed by atoms with Gasteiger partial charge in [0.1, 0.15) is 5.82 Å². The Morgan fingerprint density at radius 3 is 2.78 bits per heavy atom. The van der Waals surface area contributed by atoms with Gasteiger partial charge >= 0.3 is 6.18 Å². The molecule has 0 radical (unpaired) electrons.